The van der Waals surface area contributed by atoms with E-state index < -0.39 is 5.92 Å². The van der Waals surface area contributed by atoms with E-state index in [9.17, 15) is 14.4 Å². The Morgan fingerprint density at radius 3 is 2.47 bits per heavy atom. The Balaban J connectivity index is 1.53. The summed E-state index contributed by atoms with van der Waals surface area (Å²) < 4.78 is 19.4. The molecule has 0 saturated carbocycles. The van der Waals surface area contributed by atoms with Crippen LogP contribution in [0.2, 0.25) is 0 Å². The van der Waals surface area contributed by atoms with Crippen LogP contribution < -0.4 is 15.4 Å². The molecule has 0 bridgehead atoms. The summed E-state index contributed by atoms with van der Waals surface area (Å²) in [6.07, 6.45) is 1.02. The molecule has 43 heavy (non-hydrogen) atoms. The number of rotatable bonds is 5. The van der Waals surface area contributed by atoms with E-state index in [-0.39, 0.29) is 23.6 Å². The van der Waals surface area contributed by atoms with Crippen LogP contribution in [0, 0.1) is 36.4 Å². The van der Waals surface area contributed by atoms with E-state index in [4.69, 9.17) is 10.5 Å². The van der Waals surface area contributed by atoms with Crippen LogP contribution in [0.3, 0.4) is 0 Å². The maximum absolute atomic E-state index is 14.1. The first kappa shape index (κ1) is 28.2. The molecule has 6 heteroatoms. The molecule has 2 aliphatic rings. The lowest BCUT2D eigenvalue weighted by atomic mass is 9.68. The van der Waals surface area contributed by atoms with Crippen molar-refractivity contribution < 1.29 is 13.9 Å². The second-order valence-electron chi connectivity index (χ2n) is 12.4. The van der Waals surface area contributed by atoms with Crippen molar-refractivity contribution in [3.63, 3.8) is 0 Å². The van der Waals surface area contributed by atoms with Crippen LogP contribution in [0.1, 0.15) is 54.9 Å². The molecule has 0 fully saturated rings. The molecule has 1 atom stereocenters. The Labute approximate surface area is 251 Å². The Bertz CT molecular complexity index is 1870. The topological polar surface area (TPSA) is 79.4 Å². The smallest absolute Gasteiger partial charge is 0.162 e. The summed E-state index contributed by atoms with van der Waals surface area (Å²) in [6.45, 7) is 8.48. The van der Waals surface area contributed by atoms with Gasteiger partial charge in [-0.15, -0.1) is 0 Å². The van der Waals surface area contributed by atoms with Gasteiger partial charge < -0.3 is 10.5 Å². The average molecular weight is 572 g/mol. The number of benzene rings is 4. The number of fused-ring (bicyclic) bond motifs is 1. The van der Waals surface area contributed by atoms with Crippen molar-refractivity contribution in [2.45, 2.75) is 53.1 Å². The molecule has 0 amide bonds. The van der Waals surface area contributed by atoms with Gasteiger partial charge in [-0.05, 0) is 83.7 Å². The van der Waals surface area contributed by atoms with Gasteiger partial charge in [-0.25, -0.2) is 4.39 Å². The second-order valence-corrected chi connectivity index (χ2v) is 12.4. The minimum Gasteiger partial charge on any atom is -0.489 e. The Morgan fingerprint density at radius 1 is 1.00 bits per heavy atom. The SMILES string of the molecule is Cc1cc(C)c(C2C(C#N)=C(N)N(c3cccc4ccccc34)C3=C2C(=O)CC(C)(C)C3)cc1COc1ccc(F)cc1. The molecule has 216 valence electrons. The molecule has 4 aromatic carbocycles. The number of hydrogen-bond donors (Lipinski definition) is 1. The van der Waals surface area contributed by atoms with E-state index in [0.29, 0.717) is 35.6 Å². The van der Waals surface area contributed by atoms with Gasteiger partial charge in [0.05, 0.1) is 23.2 Å². The molecule has 0 spiro atoms. The van der Waals surface area contributed by atoms with Crippen LogP contribution in [-0.4, -0.2) is 5.78 Å². The number of halogens is 1. The predicted octanol–water partition coefficient (Wildman–Crippen LogP) is 8.12. The average Bonchev–Trinajstić information content (AvgIpc) is 2.96. The second kappa shape index (κ2) is 10.7. The van der Waals surface area contributed by atoms with E-state index in [1.54, 1.807) is 12.1 Å². The number of carbonyl (C=O) groups excluding carboxylic acids is 1. The number of ketones is 1. The highest BCUT2D eigenvalue weighted by molar-refractivity contribution is 6.03. The fourth-order valence-electron chi connectivity index (χ4n) is 6.57. The first-order chi connectivity index (χ1) is 20.6. The van der Waals surface area contributed by atoms with Crippen LogP contribution >= 0.6 is 0 Å². The summed E-state index contributed by atoms with van der Waals surface area (Å²) in [5, 5.41) is 12.7. The molecular weight excluding hydrogens is 537 g/mol. The van der Waals surface area contributed by atoms with Gasteiger partial charge in [0, 0.05) is 23.1 Å². The fraction of sp³-hybridized carbons (Fsp3) is 0.243. The summed E-state index contributed by atoms with van der Waals surface area (Å²) >= 11 is 0. The van der Waals surface area contributed by atoms with E-state index in [2.05, 4.69) is 26.0 Å². The van der Waals surface area contributed by atoms with Gasteiger partial charge in [-0.2, -0.15) is 5.26 Å². The van der Waals surface area contributed by atoms with Gasteiger partial charge in [0.2, 0.25) is 0 Å². The summed E-state index contributed by atoms with van der Waals surface area (Å²) in [6, 6.07) is 26.5. The number of aryl methyl sites for hydroxylation is 2. The van der Waals surface area contributed by atoms with Crippen molar-refractivity contribution in [1.29, 1.82) is 5.26 Å². The van der Waals surface area contributed by atoms with E-state index in [1.807, 2.05) is 67.3 Å². The van der Waals surface area contributed by atoms with Crippen molar-refractivity contribution in [2.75, 3.05) is 4.90 Å². The quantitative estimate of drug-likeness (QED) is 0.262. The summed E-state index contributed by atoms with van der Waals surface area (Å²) in [5.74, 6) is 0.0136. The predicted molar refractivity (Wildman–Crippen MR) is 168 cm³/mol. The van der Waals surface area contributed by atoms with Crippen LogP contribution in [0.25, 0.3) is 10.8 Å². The third-order valence-corrected chi connectivity index (χ3v) is 8.63. The van der Waals surface area contributed by atoms with Crippen LogP contribution in [0.4, 0.5) is 10.1 Å². The van der Waals surface area contributed by atoms with Crippen LogP contribution in [0.15, 0.2) is 102 Å². The summed E-state index contributed by atoms with van der Waals surface area (Å²) in [4.78, 5) is 16.1. The lowest BCUT2D eigenvalue weighted by Gasteiger charge is -2.44. The van der Waals surface area contributed by atoms with Gasteiger partial charge in [0.15, 0.2) is 5.78 Å². The molecular formula is C37H34FN3O2. The van der Waals surface area contributed by atoms with Gasteiger partial charge in [-0.1, -0.05) is 62.4 Å². The molecule has 1 heterocycles. The molecule has 6 rings (SSSR count). The number of ether oxygens (including phenoxy) is 1. The maximum atomic E-state index is 14.1. The third kappa shape index (κ3) is 5.06. The number of nitrogens with two attached hydrogens (primary N) is 1. The van der Waals surface area contributed by atoms with Gasteiger partial charge in [0.1, 0.15) is 24.0 Å². The molecule has 0 aromatic heterocycles. The number of Topliss-reactive ketones (excluding diaryl/α,β-unsaturated/α-hetero) is 1. The van der Waals surface area contributed by atoms with Crippen LogP contribution in [0.5, 0.6) is 5.75 Å². The van der Waals surface area contributed by atoms with Crippen molar-refractivity contribution in [2.24, 2.45) is 11.1 Å². The molecule has 0 saturated heterocycles. The zero-order chi connectivity index (χ0) is 30.5. The highest BCUT2D eigenvalue weighted by atomic mass is 19.1. The number of anilines is 1. The molecule has 1 aliphatic carbocycles. The molecule has 4 aromatic rings. The Kier molecular flexibility index (Phi) is 7.06. The third-order valence-electron chi connectivity index (χ3n) is 8.63. The highest BCUT2D eigenvalue weighted by Gasteiger charge is 2.45. The van der Waals surface area contributed by atoms with E-state index >= 15 is 0 Å². The number of carbonyl (C=O) groups is 1. The number of allylic oxidation sites excluding steroid dienone is 3. The van der Waals surface area contributed by atoms with E-state index in [1.165, 1.54) is 12.1 Å². The Hall–Kier alpha value is -4.89. The Morgan fingerprint density at radius 2 is 1.72 bits per heavy atom. The van der Waals surface area contributed by atoms with Crippen LogP contribution in [-0.2, 0) is 11.4 Å². The number of nitrogens with zero attached hydrogens (tertiary/aromatic N) is 2. The van der Waals surface area contributed by atoms with Gasteiger partial charge in [0.25, 0.3) is 0 Å². The zero-order valence-electron chi connectivity index (χ0n) is 24.9. The van der Waals surface area contributed by atoms with Crippen molar-refractivity contribution in [1.82, 2.24) is 0 Å². The summed E-state index contributed by atoms with van der Waals surface area (Å²) in [5.41, 5.74) is 13.2. The minimum atomic E-state index is -0.597. The number of nitriles is 1. The molecule has 1 aliphatic heterocycles. The standard InChI is InChI=1S/C37H34FN3O2/c1-22-16-23(2)29(17-25(22)21-43-27-14-12-26(38)13-15-27)34-30(20-39)36(40)41(32-18-37(3,4)19-33(42)35(32)34)31-11-7-9-24-8-5-6-10-28(24)31/h5-17,34H,18-19,21,40H2,1-4H3. The molecule has 1 unspecified atom stereocenters. The van der Waals surface area contributed by atoms with E-state index in [0.717, 1.165) is 44.4 Å². The number of hydrogen-bond acceptors (Lipinski definition) is 5. The minimum absolute atomic E-state index is 0.0332. The van der Waals surface area contributed by atoms with Gasteiger partial charge >= 0.3 is 0 Å². The first-order valence-corrected chi connectivity index (χ1v) is 14.5. The lowest BCUT2D eigenvalue weighted by Crippen LogP contribution is -2.42. The summed E-state index contributed by atoms with van der Waals surface area (Å²) in [7, 11) is 0. The molecule has 0 radical (unpaired) electrons. The first-order valence-electron chi connectivity index (χ1n) is 14.5. The maximum Gasteiger partial charge on any atom is 0.162 e. The van der Waals surface area contributed by atoms with Gasteiger partial charge in [-0.3, -0.25) is 9.69 Å². The lowest BCUT2D eigenvalue weighted by molar-refractivity contribution is -0.118. The molecule has 5 nitrogen and oxygen atoms in total. The fourth-order valence-corrected chi connectivity index (χ4v) is 6.57. The van der Waals surface area contributed by atoms with Crippen molar-refractivity contribution >= 4 is 22.2 Å². The molecule has 2 N–H and O–H groups in total. The highest BCUT2D eigenvalue weighted by Crippen LogP contribution is 2.51. The largest absolute Gasteiger partial charge is 0.489 e. The van der Waals surface area contributed by atoms with Crippen molar-refractivity contribution in [3.05, 3.63) is 130 Å². The normalized spacial score (nSPS) is 18.1. The van der Waals surface area contributed by atoms with Crippen molar-refractivity contribution in [3.8, 4) is 11.8 Å². The zero-order valence-corrected chi connectivity index (χ0v) is 24.9. The monoisotopic (exact) mass is 571 g/mol.